The molecular weight excluding hydrogens is 320 g/mol. The number of aliphatic hydroxyl groups is 1. The molecule has 0 saturated carbocycles. The molecule has 25 heavy (non-hydrogen) atoms. The Morgan fingerprint density at radius 1 is 1.40 bits per heavy atom. The number of aliphatic hydroxyl groups excluding tert-OH is 1. The fraction of sp³-hybridized carbons (Fsp3) is 0.474. The van der Waals surface area contributed by atoms with Crippen molar-refractivity contribution in [2.45, 2.75) is 51.8 Å². The van der Waals surface area contributed by atoms with Crippen LogP contribution >= 0.6 is 0 Å². The number of benzene rings is 1. The predicted molar refractivity (Wildman–Crippen MR) is 96.5 cm³/mol. The van der Waals surface area contributed by atoms with Crippen molar-refractivity contribution in [3.63, 3.8) is 0 Å². The van der Waals surface area contributed by atoms with E-state index in [1.807, 2.05) is 13.0 Å². The lowest BCUT2D eigenvalue weighted by molar-refractivity contribution is -0.114. The van der Waals surface area contributed by atoms with Crippen LogP contribution in [0, 0.1) is 0 Å². The summed E-state index contributed by atoms with van der Waals surface area (Å²) in [6.45, 7) is 4.75. The van der Waals surface area contributed by atoms with E-state index in [1.165, 1.54) is 13.0 Å². The molecule has 2 aromatic rings. The third-order valence-corrected chi connectivity index (χ3v) is 4.75. The predicted octanol–water partition coefficient (Wildman–Crippen LogP) is 2.49. The van der Waals surface area contributed by atoms with Gasteiger partial charge in [0, 0.05) is 42.7 Å². The summed E-state index contributed by atoms with van der Waals surface area (Å²) >= 11 is 0. The normalized spacial score (nSPS) is 19.7. The summed E-state index contributed by atoms with van der Waals surface area (Å²) in [5, 5.41) is 13.6. The second-order valence-corrected chi connectivity index (χ2v) is 6.76. The first-order chi connectivity index (χ1) is 11.9. The third-order valence-electron chi connectivity index (χ3n) is 4.75. The van der Waals surface area contributed by atoms with Crippen LogP contribution in [0.5, 0.6) is 0 Å². The number of hydrogen-bond donors (Lipinski definition) is 2. The Morgan fingerprint density at radius 2 is 2.20 bits per heavy atom. The number of carbonyl (C=O) groups is 1. The lowest BCUT2D eigenvalue weighted by Gasteiger charge is -2.37. The number of piperidine rings is 1. The van der Waals surface area contributed by atoms with Gasteiger partial charge in [-0.25, -0.2) is 4.79 Å². The number of amides is 1. The molecule has 1 aromatic carbocycles. The minimum absolute atomic E-state index is 0.106. The van der Waals surface area contributed by atoms with Gasteiger partial charge in [0.2, 0.25) is 5.91 Å². The lowest BCUT2D eigenvalue weighted by Crippen LogP contribution is -2.45. The summed E-state index contributed by atoms with van der Waals surface area (Å²) in [5.74, 6) is -0.175. The van der Waals surface area contributed by atoms with Gasteiger partial charge in [0.15, 0.2) is 0 Å². The summed E-state index contributed by atoms with van der Waals surface area (Å²) < 4.78 is 5.31. The highest BCUT2D eigenvalue weighted by atomic mass is 16.4. The van der Waals surface area contributed by atoms with Crippen LogP contribution < -0.4 is 10.9 Å². The van der Waals surface area contributed by atoms with E-state index >= 15 is 0 Å². The largest absolute Gasteiger partial charge is 0.423 e. The quantitative estimate of drug-likeness (QED) is 0.833. The highest BCUT2D eigenvalue weighted by Gasteiger charge is 2.26. The number of fused-ring (bicyclic) bond motifs is 1. The van der Waals surface area contributed by atoms with Crippen LogP contribution in [0.25, 0.3) is 11.0 Å². The highest BCUT2D eigenvalue weighted by Crippen LogP contribution is 2.26. The van der Waals surface area contributed by atoms with E-state index in [0.717, 1.165) is 36.8 Å². The topological polar surface area (TPSA) is 82.8 Å². The van der Waals surface area contributed by atoms with Crippen LogP contribution in [0.15, 0.2) is 33.5 Å². The van der Waals surface area contributed by atoms with Crippen LogP contribution in [0.3, 0.4) is 0 Å². The van der Waals surface area contributed by atoms with Gasteiger partial charge in [-0.2, -0.15) is 0 Å². The van der Waals surface area contributed by atoms with E-state index in [4.69, 9.17) is 4.42 Å². The lowest BCUT2D eigenvalue weighted by atomic mass is 9.97. The standard InChI is InChI=1S/C19H24N2O4/c1-12(22)17-5-3-4-8-21(17)11-14-9-19(24)25-18-10-15(20-13(2)23)6-7-16(14)18/h6-7,9-10,12,17,22H,3-5,8,11H2,1-2H3,(H,20,23). The molecule has 1 fully saturated rings. The number of carbonyl (C=O) groups excluding carboxylic acids is 1. The molecule has 2 N–H and O–H groups in total. The Labute approximate surface area is 146 Å². The van der Waals surface area contributed by atoms with Crippen molar-refractivity contribution in [2.24, 2.45) is 0 Å². The summed E-state index contributed by atoms with van der Waals surface area (Å²) in [5.41, 5.74) is 1.53. The molecule has 1 amide bonds. The maximum atomic E-state index is 12.0. The van der Waals surface area contributed by atoms with Crippen LogP contribution in [-0.4, -0.2) is 34.6 Å². The number of nitrogens with one attached hydrogen (secondary N) is 1. The second-order valence-electron chi connectivity index (χ2n) is 6.76. The fourth-order valence-corrected chi connectivity index (χ4v) is 3.62. The van der Waals surface area contributed by atoms with Crippen molar-refractivity contribution in [1.82, 2.24) is 4.90 Å². The molecular formula is C19H24N2O4. The van der Waals surface area contributed by atoms with Crippen LogP contribution in [0.1, 0.15) is 38.7 Å². The average molecular weight is 344 g/mol. The SMILES string of the molecule is CC(=O)Nc1ccc2c(CN3CCCCC3C(C)O)cc(=O)oc2c1. The third kappa shape index (κ3) is 4.08. The van der Waals surface area contributed by atoms with Gasteiger partial charge in [-0.3, -0.25) is 9.69 Å². The molecule has 2 atom stereocenters. The molecule has 1 aromatic heterocycles. The molecule has 6 nitrogen and oxygen atoms in total. The van der Waals surface area contributed by atoms with Gasteiger partial charge in [0.1, 0.15) is 5.58 Å². The number of likely N-dealkylation sites (tertiary alicyclic amines) is 1. The zero-order valence-corrected chi connectivity index (χ0v) is 14.6. The number of anilines is 1. The monoisotopic (exact) mass is 344 g/mol. The van der Waals surface area contributed by atoms with Gasteiger partial charge in [0.25, 0.3) is 0 Å². The molecule has 1 aliphatic heterocycles. The summed E-state index contributed by atoms with van der Waals surface area (Å²) in [6.07, 6.45) is 2.76. The van der Waals surface area contributed by atoms with Crippen molar-refractivity contribution in [1.29, 1.82) is 0 Å². The molecule has 0 radical (unpaired) electrons. The maximum Gasteiger partial charge on any atom is 0.336 e. The van der Waals surface area contributed by atoms with Crippen molar-refractivity contribution in [2.75, 3.05) is 11.9 Å². The van der Waals surface area contributed by atoms with E-state index in [1.54, 1.807) is 12.1 Å². The molecule has 0 bridgehead atoms. The van der Waals surface area contributed by atoms with Crippen molar-refractivity contribution >= 4 is 22.6 Å². The zero-order valence-electron chi connectivity index (χ0n) is 14.6. The van der Waals surface area contributed by atoms with Crippen LogP contribution in [0.4, 0.5) is 5.69 Å². The first kappa shape index (κ1) is 17.6. The Hall–Kier alpha value is -2.18. The highest BCUT2D eigenvalue weighted by molar-refractivity contribution is 5.92. The van der Waals surface area contributed by atoms with E-state index in [-0.39, 0.29) is 11.9 Å². The minimum atomic E-state index is -0.409. The molecule has 1 saturated heterocycles. The van der Waals surface area contributed by atoms with E-state index in [2.05, 4.69) is 10.2 Å². The first-order valence-corrected chi connectivity index (χ1v) is 8.70. The smallest absolute Gasteiger partial charge is 0.336 e. The first-order valence-electron chi connectivity index (χ1n) is 8.70. The summed E-state index contributed by atoms with van der Waals surface area (Å²) in [6, 6.07) is 6.96. The van der Waals surface area contributed by atoms with Gasteiger partial charge >= 0.3 is 5.63 Å². The van der Waals surface area contributed by atoms with E-state index in [9.17, 15) is 14.7 Å². The van der Waals surface area contributed by atoms with Gasteiger partial charge in [0.05, 0.1) is 6.10 Å². The molecule has 2 unspecified atom stereocenters. The Morgan fingerprint density at radius 3 is 2.92 bits per heavy atom. The van der Waals surface area contributed by atoms with Gasteiger partial charge in [-0.1, -0.05) is 6.42 Å². The second kappa shape index (κ2) is 7.37. The minimum Gasteiger partial charge on any atom is -0.423 e. The van der Waals surface area contributed by atoms with E-state index in [0.29, 0.717) is 17.8 Å². The van der Waals surface area contributed by atoms with Gasteiger partial charge < -0.3 is 14.8 Å². The molecule has 0 aliphatic carbocycles. The Kier molecular flexibility index (Phi) is 5.20. The molecule has 134 valence electrons. The molecule has 0 spiro atoms. The Bertz CT molecular complexity index is 828. The van der Waals surface area contributed by atoms with Crippen molar-refractivity contribution < 1.29 is 14.3 Å². The van der Waals surface area contributed by atoms with Gasteiger partial charge in [-0.05, 0) is 44.0 Å². The van der Waals surface area contributed by atoms with E-state index < -0.39 is 11.7 Å². The van der Waals surface area contributed by atoms with Crippen molar-refractivity contribution in [3.05, 3.63) is 40.2 Å². The van der Waals surface area contributed by atoms with Crippen molar-refractivity contribution in [3.8, 4) is 0 Å². The van der Waals surface area contributed by atoms with Gasteiger partial charge in [-0.15, -0.1) is 0 Å². The molecule has 1 aliphatic rings. The van der Waals surface area contributed by atoms with Crippen LogP contribution in [-0.2, 0) is 11.3 Å². The summed E-state index contributed by atoms with van der Waals surface area (Å²) in [7, 11) is 0. The molecule has 2 heterocycles. The molecule has 6 heteroatoms. The number of rotatable bonds is 4. The number of hydrogen-bond acceptors (Lipinski definition) is 5. The molecule has 3 rings (SSSR count). The maximum absolute atomic E-state index is 12.0. The Balaban J connectivity index is 1.95. The van der Waals surface area contributed by atoms with Crippen LogP contribution in [0.2, 0.25) is 0 Å². The summed E-state index contributed by atoms with van der Waals surface area (Å²) in [4.78, 5) is 25.4. The zero-order chi connectivity index (χ0) is 18.0. The average Bonchev–Trinajstić information content (AvgIpc) is 2.54. The number of nitrogens with zero attached hydrogens (tertiary/aromatic N) is 1. The fourth-order valence-electron chi connectivity index (χ4n) is 3.62.